The Balaban J connectivity index is 3.33. The van der Waals surface area contributed by atoms with Gasteiger partial charge in [-0.1, -0.05) is 11.6 Å². The number of benzene rings is 1. The Bertz CT molecular complexity index is 338. The van der Waals surface area contributed by atoms with Gasteiger partial charge in [-0.3, -0.25) is 4.79 Å². The third kappa shape index (κ3) is 1.79. The monoisotopic (exact) mass is 247 g/mol. The van der Waals surface area contributed by atoms with Gasteiger partial charge in [-0.05, 0) is 35.0 Å². The average Bonchev–Trinajstić information content (AvgIpc) is 1.96. The lowest BCUT2D eigenvalue weighted by molar-refractivity contribution is 0.101. The molecule has 0 aromatic heterocycles. The number of nitrogens with two attached hydrogens (primary N) is 1. The predicted octanol–water partition coefficient (Wildman–Crippen LogP) is 2.89. The molecule has 0 heterocycles. The third-order valence-corrected chi connectivity index (χ3v) is 2.45. The summed E-state index contributed by atoms with van der Waals surface area (Å²) in [4.78, 5) is 11.0. The summed E-state index contributed by atoms with van der Waals surface area (Å²) in [5, 5.41) is 0.451. The zero-order valence-corrected chi connectivity index (χ0v) is 8.74. The molecule has 0 aliphatic heterocycles. The van der Waals surface area contributed by atoms with Gasteiger partial charge < -0.3 is 5.73 Å². The van der Waals surface area contributed by atoms with Crippen LogP contribution in [0.15, 0.2) is 16.6 Å². The molecule has 2 nitrogen and oxygen atoms in total. The molecule has 0 atom stereocenters. The van der Waals surface area contributed by atoms with Crippen molar-refractivity contribution in [1.29, 1.82) is 0 Å². The van der Waals surface area contributed by atoms with Crippen molar-refractivity contribution in [2.75, 3.05) is 5.73 Å². The Morgan fingerprint density at radius 1 is 1.58 bits per heavy atom. The zero-order chi connectivity index (χ0) is 9.30. The van der Waals surface area contributed by atoms with Gasteiger partial charge in [0, 0.05) is 10.0 Å². The topological polar surface area (TPSA) is 43.1 Å². The normalized spacial score (nSPS) is 9.92. The fourth-order valence-corrected chi connectivity index (χ4v) is 1.75. The summed E-state index contributed by atoms with van der Waals surface area (Å²) >= 11 is 8.95. The van der Waals surface area contributed by atoms with Crippen molar-refractivity contribution >= 4 is 39.0 Å². The van der Waals surface area contributed by atoms with Gasteiger partial charge in [0.15, 0.2) is 5.78 Å². The van der Waals surface area contributed by atoms with Crippen LogP contribution in [0.5, 0.6) is 0 Å². The molecule has 64 valence electrons. The number of nitrogen functional groups attached to an aromatic ring is 1. The number of hydrogen-bond donors (Lipinski definition) is 1. The SMILES string of the molecule is CC(=O)c1cc(N)c(Cl)cc1Br. The molecule has 0 aliphatic carbocycles. The number of ketones is 1. The lowest BCUT2D eigenvalue weighted by Crippen LogP contribution is -1.96. The van der Waals surface area contributed by atoms with Crippen molar-refractivity contribution in [2.45, 2.75) is 6.92 Å². The quantitative estimate of drug-likeness (QED) is 0.613. The number of rotatable bonds is 1. The van der Waals surface area contributed by atoms with E-state index in [1.54, 1.807) is 12.1 Å². The Morgan fingerprint density at radius 2 is 2.17 bits per heavy atom. The second-order valence-corrected chi connectivity index (χ2v) is 3.67. The first kappa shape index (κ1) is 9.55. The Hall–Kier alpha value is -0.540. The molecule has 0 amide bonds. The number of anilines is 1. The van der Waals surface area contributed by atoms with Crippen molar-refractivity contribution in [3.05, 3.63) is 27.2 Å². The second kappa shape index (κ2) is 3.46. The summed E-state index contributed by atoms with van der Waals surface area (Å²) < 4.78 is 0.675. The molecule has 0 saturated heterocycles. The largest absolute Gasteiger partial charge is 0.398 e. The Morgan fingerprint density at radius 3 is 2.67 bits per heavy atom. The van der Waals surface area contributed by atoms with Crippen molar-refractivity contribution in [2.24, 2.45) is 0 Å². The Kier molecular flexibility index (Phi) is 2.75. The van der Waals surface area contributed by atoms with Crippen LogP contribution in [0.2, 0.25) is 5.02 Å². The van der Waals surface area contributed by atoms with Crippen LogP contribution < -0.4 is 5.73 Å². The van der Waals surface area contributed by atoms with E-state index >= 15 is 0 Å². The van der Waals surface area contributed by atoms with Crippen molar-refractivity contribution in [3.63, 3.8) is 0 Å². The van der Waals surface area contributed by atoms with Gasteiger partial charge in [-0.15, -0.1) is 0 Å². The van der Waals surface area contributed by atoms with E-state index < -0.39 is 0 Å². The molecular weight excluding hydrogens is 241 g/mol. The third-order valence-electron chi connectivity index (χ3n) is 1.47. The van der Waals surface area contributed by atoms with Gasteiger partial charge in [0.2, 0.25) is 0 Å². The van der Waals surface area contributed by atoms with Crippen LogP contribution in [-0.2, 0) is 0 Å². The molecule has 4 heteroatoms. The first-order valence-corrected chi connectivity index (χ1v) is 4.45. The molecule has 1 rings (SSSR count). The summed E-state index contributed by atoms with van der Waals surface area (Å²) in [7, 11) is 0. The van der Waals surface area contributed by atoms with Gasteiger partial charge in [0.1, 0.15) is 0 Å². The minimum absolute atomic E-state index is 0.0368. The molecule has 0 saturated carbocycles. The molecule has 0 unspecified atom stereocenters. The van der Waals surface area contributed by atoms with Crippen LogP contribution in [0.3, 0.4) is 0 Å². The first-order valence-electron chi connectivity index (χ1n) is 3.28. The maximum absolute atomic E-state index is 11.0. The van der Waals surface area contributed by atoms with E-state index in [-0.39, 0.29) is 5.78 Å². The van der Waals surface area contributed by atoms with Gasteiger partial charge in [-0.2, -0.15) is 0 Å². The van der Waals surface area contributed by atoms with E-state index in [1.165, 1.54) is 6.92 Å². The van der Waals surface area contributed by atoms with Crippen LogP contribution in [-0.4, -0.2) is 5.78 Å². The predicted molar refractivity (Wildman–Crippen MR) is 53.6 cm³/mol. The van der Waals surface area contributed by atoms with Crippen LogP contribution in [0.4, 0.5) is 5.69 Å². The molecule has 0 fully saturated rings. The minimum Gasteiger partial charge on any atom is -0.398 e. The average molecular weight is 249 g/mol. The summed E-state index contributed by atoms with van der Waals surface area (Å²) in [5.74, 6) is -0.0368. The van der Waals surface area contributed by atoms with E-state index in [0.717, 1.165) is 0 Å². The maximum atomic E-state index is 11.0. The lowest BCUT2D eigenvalue weighted by Gasteiger charge is -2.03. The number of halogens is 2. The minimum atomic E-state index is -0.0368. The van der Waals surface area contributed by atoms with E-state index in [0.29, 0.717) is 20.7 Å². The highest BCUT2D eigenvalue weighted by Gasteiger charge is 2.07. The van der Waals surface area contributed by atoms with Crippen molar-refractivity contribution in [3.8, 4) is 0 Å². The van der Waals surface area contributed by atoms with E-state index in [9.17, 15) is 4.79 Å². The van der Waals surface area contributed by atoms with Crippen molar-refractivity contribution in [1.82, 2.24) is 0 Å². The fraction of sp³-hybridized carbons (Fsp3) is 0.125. The van der Waals surface area contributed by atoms with Gasteiger partial charge in [-0.25, -0.2) is 0 Å². The molecule has 1 aromatic rings. The Labute approximate surface area is 83.8 Å². The number of carbonyl (C=O) groups is 1. The number of Topliss-reactive ketones (excluding diaryl/α,β-unsaturated/α-hetero) is 1. The maximum Gasteiger partial charge on any atom is 0.161 e. The van der Waals surface area contributed by atoms with E-state index in [4.69, 9.17) is 17.3 Å². The highest BCUT2D eigenvalue weighted by Crippen LogP contribution is 2.27. The molecule has 0 radical (unpaired) electrons. The fourth-order valence-electron chi connectivity index (χ4n) is 0.836. The van der Waals surface area contributed by atoms with Crippen LogP contribution in [0, 0.1) is 0 Å². The molecule has 1 aromatic carbocycles. The standard InChI is InChI=1S/C8H7BrClNO/c1-4(12)5-2-8(11)7(10)3-6(5)9/h2-3H,11H2,1H3. The lowest BCUT2D eigenvalue weighted by atomic mass is 10.1. The van der Waals surface area contributed by atoms with Gasteiger partial charge in [0.25, 0.3) is 0 Å². The number of hydrogen-bond acceptors (Lipinski definition) is 2. The van der Waals surface area contributed by atoms with Crippen LogP contribution in [0.25, 0.3) is 0 Å². The molecule has 0 spiro atoms. The molecule has 12 heavy (non-hydrogen) atoms. The first-order chi connectivity index (χ1) is 5.52. The van der Waals surface area contributed by atoms with Gasteiger partial charge >= 0.3 is 0 Å². The molecule has 2 N–H and O–H groups in total. The van der Waals surface area contributed by atoms with Crippen molar-refractivity contribution < 1.29 is 4.79 Å². The summed E-state index contributed by atoms with van der Waals surface area (Å²) in [6.45, 7) is 1.48. The van der Waals surface area contributed by atoms with Crippen LogP contribution in [0.1, 0.15) is 17.3 Å². The summed E-state index contributed by atoms with van der Waals surface area (Å²) in [5.41, 5.74) is 6.50. The highest BCUT2D eigenvalue weighted by molar-refractivity contribution is 9.10. The van der Waals surface area contributed by atoms with E-state index in [1.807, 2.05) is 0 Å². The molecule has 0 aliphatic rings. The number of carbonyl (C=O) groups excluding carboxylic acids is 1. The smallest absolute Gasteiger partial charge is 0.161 e. The summed E-state index contributed by atoms with van der Waals surface area (Å²) in [6.07, 6.45) is 0. The van der Waals surface area contributed by atoms with E-state index in [2.05, 4.69) is 15.9 Å². The zero-order valence-electron chi connectivity index (χ0n) is 6.40. The van der Waals surface area contributed by atoms with Gasteiger partial charge in [0.05, 0.1) is 10.7 Å². The molecular formula is C8H7BrClNO. The van der Waals surface area contributed by atoms with Crippen LogP contribution >= 0.6 is 27.5 Å². The molecule has 0 bridgehead atoms. The second-order valence-electron chi connectivity index (χ2n) is 2.41. The summed E-state index contributed by atoms with van der Waals surface area (Å²) in [6, 6.07) is 3.18. The highest BCUT2D eigenvalue weighted by atomic mass is 79.9.